The molecule has 0 spiro atoms. The lowest BCUT2D eigenvalue weighted by Crippen LogP contribution is -2.30. The van der Waals surface area contributed by atoms with Gasteiger partial charge in [0.15, 0.2) is 11.5 Å². The second-order valence-electron chi connectivity index (χ2n) is 7.84. The van der Waals surface area contributed by atoms with E-state index in [9.17, 15) is 13.2 Å². The highest BCUT2D eigenvalue weighted by atomic mass is 19.4. The standard InChI is InChI=1S/C21H25F3N6O3/c1-11-27-13-7-14(31-4)15(33-10-20(2,3)32-5)6-12(13)19(28-11)26-9-18-29-16(21(22,23)24)8-17(25)30-18/h6-8H,9-10H2,1-5H3,(H2,25,29,30)(H,26,27,28). The van der Waals surface area contributed by atoms with E-state index in [1.54, 1.807) is 26.2 Å². The number of anilines is 2. The average molecular weight is 466 g/mol. The summed E-state index contributed by atoms with van der Waals surface area (Å²) in [5.74, 6) is 1.32. The van der Waals surface area contributed by atoms with Crippen molar-refractivity contribution in [1.29, 1.82) is 0 Å². The minimum atomic E-state index is -4.64. The molecule has 3 rings (SSSR count). The number of rotatable bonds is 8. The molecule has 2 aromatic heterocycles. The van der Waals surface area contributed by atoms with Gasteiger partial charge in [-0.05, 0) is 26.8 Å². The van der Waals surface area contributed by atoms with E-state index >= 15 is 0 Å². The Labute approximate surface area is 188 Å². The van der Waals surface area contributed by atoms with Crippen LogP contribution in [0.25, 0.3) is 10.9 Å². The van der Waals surface area contributed by atoms with E-state index in [4.69, 9.17) is 19.9 Å². The fraction of sp³-hybridized carbons (Fsp3) is 0.429. The summed E-state index contributed by atoms with van der Waals surface area (Å²) in [6, 6.07) is 4.08. The van der Waals surface area contributed by atoms with Gasteiger partial charge in [-0.25, -0.2) is 19.9 Å². The van der Waals surface area contributed by atoms with Crippen LogP contribution >= 0.6 is 0 Å². The molecule has 0 unspecified atom stereocenters. The van der Waals surface area contributed by atoms with E-state index in [0.29, 0.717) is 40.1 Å². The quantitative estimate of drug-likeness (QED) is 0.512. The van der Waals surface area contributed by atoms with Crippen molar-refractivity contribution in [3.63, 3.8) is 0 Å². The van der Waals surface area contributed by atoms with Crippen LogP contribution in [-0.4, -0.2) is 46.4 Å². The van der Waals surface area contributed by atoms with Crippen LogP contribution in [0.4, 0.5) is 24.8 Å². The van der Waals surface area contributed by atoms with Gasteiger partial charge < -0.3 is 25.3 Å². The van der Waals surface area contributed by atoms with Gasteiger partial charge in [0.25, 0.3) is 0 Å². The molecule has 0 radical (unpaired) electrons. The number of aromatic nitrogens is 4. The minimum absolute atomic E-state index is 0.126. The number of ether oxygens (including phenoxy) is 3. The van der Waals surface area contributed by atoms with E-state index in [1.165, 1.54) is 7.11 Å². The van der Waals surface area contributed by atoms with Crippen molar-refractivity contribution in [3.8, 4) is 11.5 Å². The number of nitrogen functional groups attached to an aromatic ring is 1. The average Bonchev–Trinajstić information content (AvgIpc) is 2.74. The first-order chi connectivity index (χ1) is 15.4. The number of methoxy groups -OCH3 is 2. The highest BCUT2D eigenvalue weighted by Crippen LogP contribution is 2.35. The van der Waals surface area contributed by atoms with E-state index in [0.717, 1.165) is 0 Å². The molecule has 0 atom stereocenters. The van der Waals surface area contributed by atoms with E-state index < -0.39 is 17.5 Å². The van der Waals surface area contributed by atoms with Crippen molar-refractivity contribution in [2.75, 3.05) is 31.9 Å². The number of fused-ring (bicyclic) bond motifs is 1. The monoisotopic (exact) mass is 466 g/mol. The molecule has 2 heterocycles. The molecule has 3 aromatic rings. The number of hydrogen-bond donors (Lipinski definition) is 2. The third kappa shape index (κ3) is 5.89. The molecule has 0 saturated carbocycles. The highest BCUT2D eigenvalue weighted by molar-refractivity contribution is 5.91. The Morgan fingerprint density at radius 1 is 1.00 bits per heavy atom. The first-order valence-corrected chi connectivity index (χ1v) is 9.90. The molecule has 0 aliphatic rings. The first-order valence-electron chi connectivity index (χ1n) is 9.90. The summed E-state index contributed by atoms with van der Waals surface area (Å²) in [6.45, 7) is 5.56. The number of halogens is 3. The summed E-state index contributed by atoms with van der Waals surface area (Å²) in [7, 11) is 3.10. The van der Waals surface area contributed by atoms with Crippen LogP contribution in [0.3, 0.4) is 0 Å². The lowest BCUT2D eigenvalue weighted by Gasteiger charge is -2.23. The summed E-state index contributed by atoms with van der Waals surface area (Å²) in [5, 5.41) is 3.55. The number of nitrogens with zero attached hydrogens (tertiary/aromatic N) is 4. The Hall–Kier alpha value is -3.41. The van der Waals surface area contributed by atoms with E-state index in [1.807, 2.05) is 13.8 Å². The molecule has 9 nitrogen and oxygen atoms in total. The molecule has 0 saturated heterocycles. The van der Waals surface area contributed by atoms with Gasteiger partial charge in [-0.3, -0.25) is 0 Å². The summed E-state index contributed by atoms with van der Waals surface area (Å²) < 4.78 is 55.9. The van der Waals surface area contributed by atoms with Crippen molar-refractivity contribution in [3.05, 3.63) is 35.5 Å². The zero-order chi connectivity index (χ0) is 24.4. The van der Waals surface area contributed by atoms with Crippen molar-refractivity contribution >= 4 is 22.5 Å². The summed E-state index contributed by atoms with van der Waals surface area (Å²) >= 11 is 0. The Balaban J connectivity index is 1.96. The molecule has 0 fully saturated rings. The SMILES string of the molecule is COc1cc2nc(C)nc(NCc3nc(N)cc(C(F)(F)F)n3)c2cc1OCC(C)(C)OC. The van der Waals surface area contributed by atoms with Crippen molar-refractivity contribution in [1.82, 2.24) is 19.9 Å². The van der Waals surface area contributed by atoms with Crippen LogP contribution in [0, 0.1) is 6.92 Å². The predicted molar refractivity (Wildman–Crippen MR) is 116 cm³/mol. The smallest absolute Gasteiger partial charge is 0.433 e. The molecule has 0 amide bonds. The van der Waals surface area contributed by atoms with Gasteiger partial charge in [0, 0.05) is 24.6 Å². The van der Waals surface area contributed by atoms with Gasteiger partial charge in [0.05, 0.1) is 24.8 Å². The van der Waals surface area contributed by atoms with Gasteiger partial charge in [-0.15, -0.1) is 0 Å². The van der Waals surface area contributed by atoms with Crippen LogP contribution in [0.2, 0.25) is 0 Å². The zero-order valence-electron chi connectivity index (χ0n) is 18.9. The zero-order valence-corrected chi connectivity index (χ0v) is 18.9. The summed E-state index contributed by atoms with van der Waals surface area (Å²) in [6.07, 6.45) is -4.64. The molecule has 0 aliphatic carbocycles. The molecular weight excluding hydrogens is 441 g/mol. The topological polar surface area (TPSA) is 117 Å². The van der Waals surface area contributed by atoms with Crippen LogP contribution in [0.1, 0.15) is 31.2 Å². The van der Waals surface area contributed by atoms with E-state index in [-0.39, 0.29) is 24.8 Å². The Bertz CT molecular complexity index is 1150. The fourth-order valence-electron chi connectivity index (χ4n) is 2.88. The third-order valence-electron chi connectivity index (χ3n) is 4.72. The maximum atomic E-state index is 13.0. The normalized spacial score (nSPS) is 12.1. The molecule has 0 bridgehead atoms. The maximum Gasteiger partial charge on any atom is 0.433 e. The second-order valence-corrected chi connectivity index (χ2v) is 7.84. The number of hydrogen-bond acceptors (Lipinski definition) is 9. The summed E-state index contributed by atoms with van der Waals surface area (Å²) in [5.41, 5.74) is 4.44. The number of nitrogens with two attached hydrogens (primary N) is 1. The molecule has 3 N–H and O–H groups in total. The van der Waals surface area contributed by atoms with Gasteiger partial charge >= 0.3 is 6.18 Å². The fourth-order valence-corrected chi connectivity index (χ4v) is 2.88. The Kier molecular flexibility index (Phi) is 6.77. The number of benzene rings is 1. The molecule has 0 aliphatic heterocycles. The predicted octanol–water partition coefficient (Wildman–Crippen LogP) is 3.75. The van der Waals surface area contributed by atoms with Crippen molar-refractivity contribution in [2.45, 2.75) is 39.1 Å². The highest BCUT2D eigenvalue weighted by Gasteiger charge is 2.33. The molecule has 1 aromatic carbocycles. The van der Waals surface area contributed by atoms with Crippen molar-refractivity contribution < 1.29 is 27.4 Å². The first kappa shape index (κ1) is 24.2. The van der Waals surface area contributed by atoms with Gasteiger partial charge in [-0.2, -0.15) is 13.2 Å². The van der Waals surface area contributed by atoms with Crippen LogP contribution in [0.15, 0.2) is 18.2 Å². The number of nitrogens with one attached hydrogen (secondary N) is 1. The van der Waals surface area contributed by atoms with Gasteiger partial charge in [0.2, 0.25) is 0 Å². The second kappa shape index (κ2) is 9.22. The van der Waals surface area contributed by atoms with Gasteiger partial charge in [-0.1, -0.05) is 0 Å². The maximum absolute atomic E-state index is 13.0. The van der Waals surface area contributed by atoms with Crippen LogP contribution in [-0.2, 0) is 17.5 Å². The lowest BCUT2D eigenvalue weighted by molar-refractivity contribution is -0.141. The van der Waals surface area contributed by atoms with Gasteiger partial charge in [0.1, 0.15) is 35.6 Å². The molecular formula is C21H25F3N6O3. The van der Waals surface area contributed by atoms with Crippen molar-refractivity contribution in [2.24, 2.45) is 0 Å². The molecule has 33 heavy (non-hydrogen) atoms. The largest absolute Gasteiger partial charge is 0.493 e. The Morgan fingerprint density at radius 2 is 1.73 bits per heavy atom. The minimum Gasteiger partial charge on any atom is -0.493 e. The summed E-state index contributed by atoms with van der Waals surface area (Å²) in [4.78, 5) is 16.2. The Morgan fingerprint density at radius 3 is 2.36 bits per heavy atom. The number of aryl methyl sites for hydroxylation is 1. The van der Waals surface area contributed by atoms with Crippen LogP contribution in [0.5, 0.6) is 11.5 Å². The van der Waals surface area contributed by atoms with Crippen LogP contribution < -0.4 is 20.5 Å². The molecule has 178 valence electrons. The molecule has 12 heteroatoms. The third-order valence-corrected chi connectivity index (χ3v) is 4.72. The lowest BCUT2D eigenvalue weighted by atomic mass is 10.1. The number of alkyl halides is 3. The van der Waals surface area contributed by atoms with E-state index in [2.05, 4.69) is 25.3 Å².